The Bertz CT molecular complexity index is 437. The van der Waals surface area contributed by atoms with Gasteiger partial charge in [-0.15, -0.1) is 0 Å². The lowest BCUT2D eigenvalue weighted by Gasteiger charge is -2.17. The Labute approximate surface area is 159 Å². The fraction of sp³-hybridized carbons (Fsp3) is 0.722. The highest BCUT2D eigenvalue weighted by molar-refractivity contribution is 5.81. The van der Waals surface area contributed by atoms with Gasteiger partial charge in [0.1, 0.15) is 13.2 Å². The zero-order chi connectivity index (χ0) is 20.3. The number of carbonyl (C=O) groups excluding carboxylic acids is 3. The summed E-state index contributed by atoms with van der Waals surface area (Å²) in [7, 11) is 0. The van der Waals surface area contributed by atoms with Crippen LogP contribution < -0.4 is 0 Å². The van der Waals surface area contributed by atoms with Crippen LogP contribution in [0.25, 0.3) is 0 Å². The molecule has 9 nitrogen and oxygen atoms in total. The molecule has 9 heteroatoms. The lowest BCUT2D eigenvalue weighted by molar-refractivity contribution is -0.139. The molecule has 156 valence electrons. The zero-order valence-electron chi connectivity index (χ0n) is 16.1. The summed E-state index contributed by atoms with van der Waals surface area (Å²) in [6.07, 6.45) is 1.62. The molecule has 0 N–H and O–H groups in total. The third-order valence-corrected chi connectivity index (χ3v) is 3.03. The Balaban J connectivity index is 4.26. The van der Waals surface area contributed by atoms with Gasteiger partial charge in [-0.3, -0.25) is 0 Å². The van der Waals surface area contributed by atoms with Crippen molar-refractivity contribution in [2.45, 2.75) is 45.6 Å². The van der Waals surface area contributed by atoms with Gasteiger partial charge in [0.25, 0.3) is 0 Å². The van der Waals surface area contributed by atoms with Crippen molar-refractivity contribution in [2.75, 3.05) is 39.6 Å². The van der Waals surface area contributed by atoms with E-state index in [1.165, 1.54) is 0 Å². The average Bonchev–Trinajstić information content (AvgIpc) is 2.65. The van der Waals surface area contributed by atoms with Crippen LogP contribution in [0.5, 0.6) is 0 Å². The van der Waals surface area contributed by atoms with Gasteiger partial charge < -0.3 is 28.4 Å². The molecular weight excluding hydrogens is 360 g/mol. The van der Waals surface area contributed by atoms with Crippen molar-refractivity contribution in [3.8, 4) is 0 Å². The maximum atomic E-state index is 11.6. The van der Waals surface area contributed by atoms with Gasteiger partial charge >= 0.3 is 18.3 Å². The number of hydrogen-bond donors (Lipinski definition) is 0. The molecule has 0 fully saturated rings. The second kappa shape index (κ2) is 17.1. The summed E-state index contributed by atoms with van der Waals surface area (Å²) >= 11 is 0. The standard InChI is InChI=1S/C18H30O9/c1-4-7-9-24-17(20)26-14-15(27-18(21)25-10-8-5-2)13-22-11-12-23-16(19)6-3/h6,15H,3-5,7-14H2,1-2H3. The number of unbranched alkanes of at least 4 members (excludes halogenated alkanes) is 2. The first-order valence-electron chi connectivity index (χ1n) is 9.03. The molecule has 1 atom stereocenters. The Kier molecular flexibility index (Phi) is 15.7. The lowest BCUT2D eigenvalue weighted by Crippen LogP contribution is -2.31. The fourth-order valence-electron chi connectivity index (χ4n) is 1.56. The van der Waals surface area contributed by atoms with Crippen molar-refractivity contribution in [3.63, 3.8) is 0 Å². The van der Waals surface area contributed by atoms with Crippen LogP contribution in [-0.4, -0.2) is 64.0 Å². The van der Waals surface area contributed by atoms with E-state index in [-0.39, 0.29) is 39.6 Å². The number of hydrogen-bond acceptors (Lipinski definition) is 9. The monoisotopic (exact) mass is 390 g/mol. The van der Waals surface area contributed by atoms with Crippen LogP contribution in [0.2, 0.25) is 0 Å². The molecule has 0 aliphatic heterocycles. The van der Waals surface area contributed by atoms with Crippen LogP contribution in [0, 0.1) is 0 Å². The Morgan fingerprint density at radius 1 is 0.815 bits per heavy atom. The second-order valence-corrected chi connectivity index (χ2v) is 5.40. The van der Waals surface area contributed by atoms with Crippen LogP contribution in [-0.2, 0) is 33.2 Å². The largest absolute Gasteiger partial charge is 0.508 e. The molecule has 0 aliphatic carbocycles. The van der Waals surface area contributed by atoms with E-state index in [4.69, 9.17) is 28.4 Å². The normalized spacial score (nSPS) is 11.2. The van der Waals surface area contributed by atoms with E-state index in [0.29, 0.717) is 6.42 Å². The highest BCUT2D eigenvalue weighted by Gasteiger charge is 2.19. The predicted octanol–water partition coefficient (Wildman–Crippen LogP) is 3.01. The van der Waals surface area contributed by atoms with Gasteiger partial charge in [0.2, 0.25) is 0 Å². The molecule has 0 aliphatic rings. The summed E-state index contributed by atoms with van der Waals surface area (Å²) in [4.78, 5) is 34.0. The summed E-state index contributed by atoms with van der Waals surface area (Å²) in [5, 5.41) is 0. The maximum Gasteiger partial charge on any atom is 0.508 e. The second-order valence-electron chi connectivity index (χ2n) is 5.40. The van der Waals surface area contributed by atoms with Gasteiger partial charge in [-0.05, 0) is 12.8 Å². The van der Waals surface area contributed by atoms with Crippen molar-refractivity contribution >= 4 is 18.3 Å². The minimum Gasteiger partial charge on any atom is -0.460 e. The SMILES string of the molecule is C=CC(=O)OCCOCC(COC(=O)OCCCC)OC(=O)OCCCC. The average molecular weight is 390 g/mol. The van der Waals surface area contributed by atoms with Crippen molar-refractivity contribution in [1.29, 1.82) is 0 Å². The van der Waals surface area contributed by atoms with Crippen LogP contribution in [0.15, 0.2) is 12.7 Å². The molecule has 0 aromatic heterocycles. The minimum atomic E-state index is -0.882. The van der Waals surface area contributed by atoms with E-state index in [0.717, 1.165) is 25.3 Å². The summed E-state index contributed by atoms with van der Waals surface area (Å²) in [6.45, 7) is 7.45. The van der Waals surface area contributed by atoms with Crippen LogP contribution in [0.4, 0.5) is 9.59 Å². The highest BCUT2D eigenvalue weighted by Crippen LogP contribution is 2.02. The third kappa shape index (κ3) is 15.7. The van der Waals surface area contributed by atoms with Crippen LogP contribution in [0.3, 0.4) is 0 Å². The van der Waals surface area contributed by atoms with Crippen molar-refractivity contribution in [3.05, 3.63) is 12.7 Å². The molecule has 0 amide bonds. The van der Waals surface area contributed by atoms with Gasteiger partial charge in [-0.2, -0.15) is 0 Å². The van der Waals surface area contributed by atoms with Gasteiger partial charge in [0.15, 0.2) is 6.10 Å². The summed E-state index contributed by atoms with van der Waals surface area (Å²) in [5.41, 5.74) is 0. The molecular formula is C18H30O9. The molecule has 27 heavy (non-hydrogen) atoms. The first-order valence-corrected chi connectivity index (χ1v) is 9.03. The van der Waals surface area contributed by atoms with Gasteiger partial charge in [-0.1, -0.05) is 33.3 Å². The maximum absolute atomic E-state index is 11.6. The first kappa shape index (κ1) is 24.7. The van der Waals surface area contributed by atoms with Crippen molar-refractivity contribution in [2.24, 2.45) is 0 Å². The van der Waals surface area contributed by atoms with Gasteiger partial charge in [-0.25, -0.2) is 14.4 Å². The molecule has 1 unspecified atom stereocenters. The summed E-state index contributed by atoms with van der Waals surface area (Å²) < 4.78 is 29.8. The Morgan fingerprint density at radius 3 is 2.04 bits per heavy atom. The van der Waals surface area contributed by atoms with E-state index in [1.807, 2.05) is 13.8 Å². The molecule has 0 rings (SSSR count). The van der Waals surface area contributed by atoms with E-state index >= 15 is 0 Å². The molecule has 0 spiro atoms. The van der Waals surface area contributed by atoms with Crippen molar-refractivity contribution in [1.82, 2.24) is 0 Å². The van der Waals surface area contributed by atoms with E-state index in [2.05, 4.69) is 6.58 Å². The minimum absolute atomic E-state index is 0.0123. The Hall–Kier alpha value is -2.29. The predicted molar refractivity (Wildman–Crippen MR) is 95.3 cm³/mol. The number of rotatable bonds is 15. The quantitative estimate of drug-likeness (QED) is 0.180. The lowest BCUT2D eigenvalue weighted by atomic mass is 10.4. The van der Waals surface area contributed by atoms with Crippen molar-refractivity contribution < 1.29 is 42.8 Å². The molecule has 0 saturated heterocycles. The summed E-state index contributed by atoms with van der Waals surface area (Å²) in [5.74, 6) is -0.566. The number of esters is 1. The molecule has 0 aromatic carbocycles. The van der Waals surface area contributed by atoms with Crippen LogP contribution in [0.1, 0.15) is 39.5 Å². The Morgan fingerprint density at radius 2 is 1.44 bits per heavy atom. The first-order chi connectivity index (χ1) is 13.0. The third-order valence-electron chi connectivity index (χ3n) is 3.03. The number of carbonyl (C=O) groups is 3. The molecule has 0 saturated carbocycles. The molecule has 0 radical (unpaired) electrons. The van der Waals surface area contributed by atoms with E-state index < -0.39 is 24.4 Å². The molecule has 0 heterocycles. The van der Waals surface area contributed by atoms with E-state index in [1.54, 1.807) is 0 Å². The van der Waals surface area contributed by atoms with Gasteiger partial charge in [0, 0.05) is 6.08 Å². The summed E-state index contributed by atoms with van der Waals surface area (Å²) in [6, 6.07) is 0. The topological polar surface area (TPSA) is 107 Å². The highest BCUT2D eigenvalue weighted by atomic mass is 16.8. The van der Waals surface area contributed by atoms with E-state index in [9.17, 15) is 14.4 Å². The molecule has 0 aromatic rings. The fourth-order valence-corrected chi connectivity index (χ4v) is 1.56. The van der Waals surface area contributed by atoms with Crippen LogP contribution >= 0.6 is 0 Å². The number of ether oxygens (including phenoxy) is 6. The smallest absolute Gasteiger partial charge is 0.460 e. The van der Waals surface area contributed by atoms with Gasteiger partial charge in [0.05, 0.1) is 26.4 Å². The zero-order valence-corrected chi connectivity index (χ0v) is 16.1. The molecule has 0 bridgehead atoms.